The maximum atomic E-state index is 13.3. The molecule has 0 saturated carbocycles. The fourth-order valence-electron chi connectivity index (χ4n) is 3.65. The highest BCUT2D eigenvalue weighted by molar-refractivity contribution is 7.92. The van der Waals surface area contributed by atoms with Gasteiger partial charge < -0.3 is 4.90 Å². The van der Waals surface area contributed by atoms with Crippen molar-refractivity contribution in [3.8, 4) is 0 Å². The molecule has 0 radical (unpaired) electrons. The first-order chi connectivity index (χ1) is 13.1. The molecule has 1 atom stereocenters. The standard InChI is InChI=1S/C20H34N2O4S2/c1-5-21(6-2)13-7-14-22(19-12-15-27(23,24)16-19)28(25,26)20-10-8-18(9-11-20)17(3)4/h8-11,17,19H,5-7,12-16H2,1-4H3/t19-/m0/s1. The summed E-state index contributed by atoms with van der Waals surface area (Å²) in [4.78, 5) is 2.48. The predicted octanol–water partition coefficient (Wildman–Crippen LogP) is 2.72. The number of sulfone groups is 1. The van der Waals surface area contributed by atoms with Gasteiger partial charge in [-0.1, -0.05) is 39.8 Å². The first-order valence-electron chi connectivity index (χ1n) is 10.1. The maximum absolute atomic E-state index is 13.3. The summed E-state index contributed by atoms with van der Waals surface area (Å²) in [7, 11) is -6.91. The Labute approximate surface area is 170 Å². The monoisotopic (exact) mass is 430 g/mol. The van der Waals surface area contributed by atoms with E-state index >= 15 is 0 Å². The minimum atomic E-state index is -3.74. The zero-order chi connectivity index (χ0) is 20.9. The van der Waals surface area contributed by atoms with Crippen LogP contribution in [0.5, 0.6) is 0 Å². The zero-order valence-electron chi connectivity index (χ0n) is 17.5. The van der Waals surface area contributed by atoms with Crippen molar-refractivity contribution in [3.05, 3.63) is 29.8 Å². The van der Waals surface area contributed by atoms with Gasteiger partial charge in [0.1, 0.15) is 0 Å². The van der Waals surface area contributed by atoms with E-state index in [4.69, 9.17) is 0 Å². The van der Waals surface area contributed by atoms with Crippen molar-refractivity contribution in [2.75, 3.05) is 37.7 Å². The lowest BCUT2D eigenvalue weighted by atomic mass is 10.0. The first-order valence-corrected chi connectivity index (χ1v) is 13.4. The Kier molecular flexibility index (Phi) is 8.07. The average Bonchev–Trinajstić information content (AvgIpc) is 3.01. The van der Waals surface area contributed by atoms with Crippen LogP contribution in [0.3, 0.4) is 0 Å². The van der Waals surface area contributed by atoms with Crippen molar-refractivity contribution in [1.29, 1.82) is 0 Å². The molecule has 0 unspecified atom stereocenters. The topological polar surface area (TPSA) is 74.8 Å². The molecule has 1 aromatic rings. The Morgan fingerprint density at radius 3 is 2.14 bits per heavy atom. The minimum absolute atomic E-state index is 0.0615. The molecule has 1 fully saturated rings. The van der Waals surface area contributed by atoms with Crippen LogP contribution in [0.2, 0.25) is 0 Å². The molecule has 6 nitrogen and oxygen atoms in total. The van der Waals surface area contributed by atoms with Crippen LogP contribution < -0.4 is 0 Å². The molecule has 8 heteroatoms. The SMILES string of the molecule is CCN(CC)CCCN([C@H]1CCS(=O)(=O)C1)S(=O)(=O)c1ccc(C(C)C)cc1. The fraction of sp³-hybridized carbons (Fsp3) is 0.700. The summed E-state index contributed by atoms with van der Waals surface area (Å²) in [5.74, 6) is 0.301. The second-order valence-electron chi connectivity index (χ2n) is 7.78. The van der Waals surface area contributed by atoms with Gasteiger partial charge in [0.2, 0.25) is 10.0 Å². The van der Waals surface area contributed by atoms with Gasteiger partial charge in [-0.15, -0.1) is 0 Å². The number of hydrogen-bond acceptors (Lipinski definition) is 5. The summed E-state index contributed by atoms with van der Waals surface area (Å²) in [5, 5.41) is 0. The molecule has 160 valence electrons. The van der Waals surface area contributed by atoms with E-state index in [-0.39, 0.29) is 16.4 Å². The molecule has 0 amide bonds. The third-order valence-corrected chi connectivity index (χ3v) is 9.23. The van der Waals surface area contributed by atoms with E-state index in [1.165, 1.54) is 4.31 Å². The van der Waals surface area contributed by atoms with E-state index in [9.17, 15) is 16.8 Å². The van der Waals surface area contributed by atoms with Crippen LogP contribution in [0, 0.1) is 0 Å². The second-order valence-corrected chi connectivity index (χ2v) is 11.9. The molecule has 28 heavy (non-hydrogen) atoms. The smallest absolute Gasteiger partial charge is 0.243 e. The van der Waals surface area contributed by atoms with Crippen LogP contribution >= 0.6 is 0 Å². The molecule has 1 aliphatic rings. The van der Waals surface area contributed by atoms with E-state index in [1.54, 1.807) is 12.1 Å². The highest BCUT2D eigenvalue weighted by atomic mass is 32.2. The summed E-state index contributed by atoms with van der Waals surface area (Å²) in [6.45, 7) is 11.2. The lowest BCUT2D eigenvalue weighted by Gasteiger charge is -2.28. The molecule has 0 N–H and O–H groups in total. The molecule has 0 spiro atoms. The molecule has 1 heterocycles. The van der Waals surface area contributed by atoms with Crippen molar-refractivity contribution in [3.63, 3.8) is 0 Å². The molecular weight excluding hydrogens is 396 g/mol. The third-order valence-electron chi connectivity index (χ3n) is 5.52. The van der Waals surface area contributed by atoms with E-state index in [0.29, 0.717) is 25.3 Å². The summed E-state index contributed by atoms with van der Waals surface area (Å²) >= 11 is 0. The normalized spacial score (nSPS) is 19.8. The van der Waals surface area contributed by atoms with Gasteiger partial charge in [0.05, 0.1) is 16.4 Å². The van der Waals surface area contributed by atoms with Crippen LogP contribution in [-0.2, 0) is 19.9 Å². The van der Waals surface area contributed by atoms with Crippen molar-refractivity contribution in [2.24, 2.45) is 0 Å². The van der Waals surface area contributed by atoms with Gasteiger partial charge in [-0.3, -0.25) is 0 Å². The van der Waals surface area contributed by atoms with E-state index in [0.717, 1.165) is 25.2 Å². The van der Waals surface area contributed by atoms with Crippen LogP contribution in [0.1, 0.15) is 52.0 Å². The van der Waals surface area contributed by atoms with Gasteiger partial charge in [-0.2, -0.15) is 4.31 Å². The van der Waals surface area contributed by atoms with Crippen LogP contribution in [0.15, 0.2) is 29.2 Å². The van der Waals surface area contributed by atoms with Gasteiger partial charge >= 0.3 is 0 Å². The lowest BCUT2D eigenvalue weighted by Crippen LogP contribution is -2.42. The van der Waals surface area contributed by atoms with Gasteiger partial charge in [-0.25, -0.2) is 16.8 Å². The minimum Gasteiger partial charge on any atom is -0.304 e. The molecule has 1 aromatic carbocycles. The Bertz CT molecular complexity index is 829. The van der Waals surface area contributed by atoms with Crippen molar-refractivity contribution in [2.45, 2.75) is 57.4 Å². The largest absolute Gasteiger partial charge is 0.304 e. The van der Waals surface area contributed by atoms with Crippen LogP contribution in [0.25, 0.3) is 0 Å². The number of rotatable bonds is 10. The molecular formula is C20H34N2O4S2. The van der Waals surface area contributed by atoms with E-state index in [1.807, 2.05) is 12.1 Å². The summed E-state index contributed by atoms with van der Waals surface area (Å²) in [5.41, 5.74) is 1.08. The number of benzene rings is 1. The third kappa shape index (κ3) is 5.78. The Morgan fingerprint density at radius 1 is 1.07 bits per heavy atom. The Hall–Kier alpha value is -0.960. The quantitative estimate of drug-likeness (QED) is 0.571. The summed E-state index contributed by atoms with van der Waals surface area (Å²) < 4.78 is 52.1. The average molecular weight is 431 g/mol. The molecule has 1 aliphatic heterocycles. The Balaban J connectivity index is 2.25. The van der Waals surface area contributed by atoms with Crippen molar-refractivity contribution >= 4 is 19.9 Å². The molecule has 2 rings (SSSR count). The summed E-state index contributed by atoms with van der Waals surface area (Å²) in [6, 6.07) is 6.50. The molecule has 1 saturated heterocycles. The number of nitrogens with zero attached hydrogens (tertiary/aromatic N) is 2. The summed E-state index contributed by atoms with van der Waals surface area (Å²) in [6.07, 6.45) is 1.05. The van der Waals surface area contributed by atoms with Gasteiger partial charge in [-0.05, 0) is 56.1 Å². The molecule has 0 aliphatic carbocycles. The van der Waals surface area contributed by atoms with Crippen LogP contribution in [0.4, 0.5) is 0 Å². The van der Waals surface area contributed by atoms with Gasteiger partial charge in [0, 0.05) is 12.6 Å². The van der Waals surface area contributed by atoms with Crippen LogP contribution in [-0.4, -0.2) is 69.8 Å². The zero-order valence-corrected chi connectivity index (χ0v) is 19.1. The van der Waals surface area contributed by atoms with Gasteiger partial charge in [0.25, 0.3) is 0 Å². The van der Waals surface area contributed by atoms with Crippen molar-refractivity contribution in [1.82, 2.24) is 9.21 Å². The number of sulfonamides is 1. The predicted molar refractivity (Wildman–Crippen MR) is 114 cm³/mol. The highest BCUT2D eigenvalue weighted by Crippen LogP contribution is 2.26. The second kappa shape index (κ2) is 9.69. The first kappa shape index (κ1) is 23.3. The van der Waals surface area contributed by atoms with Gasteiger partial charge in [0.15, 0.2) is 9.84 Å². The van der Waals surface area contributed by atoms with E-state index < -0.39 is 25.9 Å². The highest BCUT2D eigenvalue weighted by Gasteiger charge is 2.38. The Morgan fingerprint density at radius 2 is 1.68 bits per heavy atom. The molecule has 0 bridgehead atoms. The number of hydrogen-bond donors (Lipinski definition) is 0. The fourth-order valence-corrected chi connectivity index (χ4v) is 7.17. The lowest BCUT2D eigenvalue weighted by molar-refractivity contribution is 0.269. The molecule has 0 aromatic heterocycles. The maximum Gasteiger partial charge on any atom is 0.243 e. The van der Waals surface area contributed by atoms with E-state index in [2.05, 4.69) is 32.6 Å². The van der Waals surface area contributed by atoms with Crippen molar-refractivity contribution < 1.29 is 16.8 Å².